The lowest BCUT2D eigenvalue weighted by Gasteiger charge is -2.30. The number of hydroxylamine groups is 1. The first-order valence-electron chi connectivity index (χ1n) is 6.39. The molecule has 1 aliphatic rings. The summed E-state index contributed by atoms with van der Waals surface area (Å²) in [4.78, 5) is 11.8. The summed E-state index contributed by atoms with van der Waals surface area (Å²) in [7, 11) is 1.86. The van der Waals surface area contributed by atoms with Crippen LogP contribution in [0.1, 0.15) is 19.6 Å². The molecular weight excluding hydrogens is 326 g/mol. The SMILES string of the molecule is CN1C(=S)SC([N+]([O-])=CC=Cc2ccc([N+](=O)[O-])o2)C1(C)C. The summed E-state index contributed by atoms with van der Waals surface area (Å²) in [5.41, 5.74) is -0.392. The lowest BCUT2D eigenvalue weighted by molar-refractivity contribution is -0.480. The van der Waals surface area contributed by atoms with E-state index >= 15 is 0 Å². The maximum absolute atomic E-state index is 12.2. The Bertz CT molecular complexity index is 666. The van der Waals surface area contributed by atoms with Crippen LogP contribution in [0, 0.1) is 15.3 Å². The largest absolute Gasteiger partial charge is 0.623 e. The predicted octanol–water partition coefficient (Wildman–Crippen LogP) is 2.85. The van der Waals surface area contributed by atoms with E-state index in [1.165, 1.54) is 42.3 Å². The molecule has 1 fully saturated rings. The quantitative estimate of drug-likeness (QED) is 0.208. The van der Waals surface area contributed by atoms with E-state index in [2.05, 4.69) is 0 Å². The molecule has 118 valence electrons. The topological polar surface area (TPSA) is 85.6 Å². The molecule has 0 N–H and O–H groups in total. The number of hydrogen-bond acceptors (Lipinski definition) is 6. The number of thiocarbonyl (C=S) groups is 1. The average molecular weight is 341 g/mol. The van der Waals surface area contributed by atoms with Gasteiger partial charge in [0.2, 0.25) is 5.37 Å². The van der Waals surface area contributed by atoms with Gasteiger partial charge in [-0.2, -0.15) is 4.74 Å². The molecule has 1 aromatic heterocycles. The summed E-state index contributed by atoms with van der Waals surface area (Å²) in [5, 5.41) is 22.4. The molecule has 7 nitrogen and oxygen atoms in total. The van der Waals surface area contributed by atoms with E-state index in [9.17, 15) is 15.3 Å². The Morgan fingerprint density at radius 3 is 2.64 bits per heavy atom. The van der Waals surface area contributed by atoms with Gasteiger partial charge in [-0.15, -0.1) is 0 Å². The van der Waals surface area contributed by atoms with E-state index in [0.717, 1.165) is 4.74 Å². The molecule has 0 bridgehead atoms. The van der Waals surface area contributed by atoms with Crippen molar-refractivity contribution in [1.29, 1.82) is 0 Å². The molecule has 0 saturated carbocycles. The Balaban J connectivity index is 2.11. The summed E-state index contributed by atoms with van der Waals surface area (Å²) in [5.74, 6) is -0.0274. The van der Waals surface area contributed by atoms with Gasteiger partial charge in [0, 0.05) is 13.1 Å². The van der Waals surface area contributed by atoms with Gasteiger partial charge in [0.05, 0.1) is 6.07 Å². The highest BCUT2D eigenvalue weighted by molar-refractivity contribution is 8.23. The van der Waals surface area contributed by atoms with Crippen molar-refractivity contribution in [2.75, 3.05) is 7.05 Å². The molecular formula is C13H15N3O4S2. The number of furan rings is 1. The third-order valence-corrected chi connectivity index (χ3v) is 5.52. The van der Waals surface area contributed by atoms with Crippen LogP contribution in [0.25, 0.3) is 6.08 Å². The lowest BCUT2D eigenvalue weighted by atomic mass is 10.0. The van der Waals surface area contributed by atoms with E-state index in [-0.39, 0.29) is 11.3 Å². The van der Waals surface area contributed by atoms with Crippen molar-refractivity contribution in [3.63, 3.8) is 0 Å². The van der Waals surface area contributed by atoms with E-state index in [1.807, 2.05) is 25.8 Å². The van der Waals surface area contributed by atoms with Gasteiger partial charge in [0.15, 0.2) is 6.21 Å². The average Bonchev–Trinajstić information content (AvgIpc) is 2.98. The second-order valence-corrected chi connectivity index (χ2v) is 6.96. The molecule has 22 heavy (non-hydrogen) atoms. The normalized spacial score (nSPS) is 21.8. The zero-order valence-electron chi connectivity index (χ0n) is 12.3. The molecule has 1 aromatic rings. The Morgan fingerprint density at radius 1 is 1.45 bits per heavy atom. The van der Waals surface area contributed by atoms with Gasteiger partial charge < -0.3 is 14.5 Å². The number of allylic oxidation sites excluding steroid dienone is 1. The molecule has 1 atom stereocenters. The summed E-state index contributed by atoms with van der Waals surface area (Å²) < 4.78 is 6.47. The molecule has 2 rings (SSSR count). The third kappa shape index (κ3) is 3.14. The van der Waals surface area contributed by atoms with E-state index in [4.69, 9.17) is 16.6 Å². The standard InChI is InChI=1S/C13H15N3O4S2/c1-13(2)11(22-12(21)14(13)3)15(17)8-4-5-9-6-7-10(20-9)16(18)19/h4-8,11H,1-3H3. The van der Waals surface area contributed by atoms with Gasteiger partial charge >= 0.3 is 5.88 Å². The van der Waals surface area contributed by atoms with Crippen LogP contribution >= 0.6 is 24.0 Å². The highest BCUT2D eigenvalue weighted by Gasteiger charge is 2.48. The fourth-order valence-electron chi connectivity index (χ4n) is 1.91. The van der Waals surface area contributed by atoms with Crippen molar-refractivity contribution < 1.29 is 14.1 Å². The van der Waals surface area contributed by atoms with Crippen LogP contribution in [0.15, 0.2) is 22.6 Å². The van der Waals surface area contributed by atoms with Crippen LogP contribution in [-0.2, 0) is 0 Å². The minimum atomic E-state index is -0.616. The fraction of sp³-hybridized carbons (Fsp3) is 0.385. The first-order chi connectivity index (χ1) is 10.2. The molecule has 1 aliphatic heterocycles. The number of likely N-dealkylation sites (N-methyl/N-ethyl adjacent to an activating group) is 1. The van der Waals surface area contributed by atoms with E-state index in [0.29, 0.717) is 10.1 Å². The van der Waals surface area contributed by atoms with Gasteiger partial charge in [-0.3, -0.25) is 10.1 Å². The maximum Gasteiger partial charge on any atom is 0.433 e. The summed E-state index contributed by atoms with van der Waals surface area (Å²) in [6.07, 6.45) is 4.34. The first kappa shape index (κ1) is 16.5. The highest BCUT2D eigenvalue weighted by Crippen LogP contribution is 2.38. The molecule has 0 aliphatic carbocycles. The Hall–Kier alpha value is -1.87. The van der Waals surface area contributed by atoms with Crippen LogP contribution in [0.4, 0.5) is 5.88 Å². The smallest absolute Gasteiger partial charge is 0.433 e. The molecule has 2 heterocycles. The molecule has 0 aromatic carbocycles. The molecule has 0 radical (unpaired) electrons. The number of nitrogens with zero attached hydrogens (tertiary/aromatic N) is 3. The van der Waals surface area contributed by atoms with Crippen molar-refractivity contribution in [3.8, 4) is 0 Å². The Morgan fingerprint density at radius 2 is 2.14 bits per heavy atom. The van der Waals surface area contributed by atoms with E-state index < -0.39 is 10.5 Å². The minimum absolute atomic E-state index is 0.308. The van der Waals surface area contributed by atoms with Crippen molar-refractivity contribution in [3.05, 3.63) is 39.3 Å². The second-order valence-electron chi connectivity index (χ2n) is 5.25. The summed E-state index contributed by atoms with van der Waals surface area (Å²) >= 11 is 6.55. The zero-order valence-corrected chi connectivity index (χ0v) is 13.9. The molecule has 0 amide bonds. The van der Waals surface area contributed by atoms with Crippen molar-refractivity contribution in [1.82, 2.24) is 4.90 Å². The van der Waals surface area contributed by atoms with Crippen LogP contribution in [-0.4, -0.2) is 43.1 Å². The van der Waals surface area contributed by atoms with E-state index in [1.54, 1.807) is 0 Å². The Labute approximate surface area is 137 Å². The van der Waals surface area contributed by atoms with Gasteiger partial charge in [-0.05, 0) is 37.8 Å². The fourth-order valence-corrected chi connectivity index (χ4v) is 3.63. The van der Waals surface area contributed by atoms with Crippen molar-refractivity contribution >= 4 is 46.5 Å². The lowest BCUT2D eigenvalue weighted by Crippen LogP contribution is -2.46. The molecule has 1 saturated heterocycles. The van der Waals surface area contributed by atoms with Crippen molar-refractivity contribution in [2.24, 2.45) is 0 Å². The second kappa shape index (κ2) is 6.09. The first-order valence-corrected chi connectivity index (χ1v) is 7.68. The third-order valence-electron chi connectivity index (χ3n) is 3.47. The maximum atomic E-state index is 12.2. The zero-order chi connectivity index (χ0) is 16.5. The van der Waals surface area contributed by atoms with Crippen molar-refractivity contribution in [2.45, 2.75) is 24.8 Å². The molecule has 1 unspecified atom stereocenters. The number of hydrogen-bond donors (Lipinski definition) is 0. The van der Waals surface area contributed by atoms with Crippen LogP contribution in [0.5, 0.6) is 0 Å². The predicted molar refractivity (Wildman–Crippen MR) is 89.9 cm³/mol. The highest BCUT2D eigenvalue weighted by atomic mass is 32.2. The van der Waals surface area contributed by atoms with Crippen LogP contribution < -0.4 is 0 Å². The van der Waals surface area contributed by atoms with Gasteiger partial charge in [-0.1, -0.05) is 12.2 Å². The van der Waals surface area contributed by atoms with Gasteiger partial charge in [0.1, 0.15) is 20.5 Å². The summed E-state index contributed by atoms with van der Waals surface area (Å²) in [6, 6.07) is 2.73. The number of nitro groups is 1. The van der Waals surface area contributed by atoms with Gasteiger partial charge in [-0.25, -0.2) is 0 Å². The number of thioether (sulfide) groups is 1. The molecule has 0 spiro atoms. The number of rotatable bonds is 4. The summed E-state index contributed by atoms with van der Waals surface area (Å²) in [6.45, 7) is 3.89. The Kier molecular flexibility index (Phi) is 4.57. The monoisotopic (exact) mass is 341 g/mol. The van der Waals surface area contributed by atoms with Crippen LogP contribution in [0.2, 0.25) is 0 Å². The van der Waals surface area contributed by atoms with Crippen LogP contribution in [0.3, 0.4) is 0 Å². The van der Waals surface area contributed by atoms with Gasteiger partial charge in [0.25, 0.3) is 0 Å². The molecule has 9 heteroatoms. The minimum Gasteiger partial charge on any atom is -0.623 e.